The molecule has 1 N–H and O–H groups in total. The van der Waals surface area contributed by atoms with Crippen molar-refractivity contribution in [1.82, 2.24) is 5.32 Å². The van der Waals surface area contributed by atoms with Crippen LogP contribution < -0.4 is 5.32 Å². The third kappa shape index (κ3) is 5.91. The maximum absolute atomic E-state index is 6.10. The van der Waals surface area contributed by atoms with Crippen LogP contribution in [-0.4, -0.2) is 12.6 Å². The minimum absolute atomic E-state index is 0.516. The monoisotopic (exact) mass is 301 g/mol. The lowest BCUT2D eigenvalue weighted by molar-refractivity contribution is 0.444. The van der Waals surface area contributed by atoms with E-state index in [4.69, 9.17) is 11.6 Å². The lowest BCUT2D eigenvalue weighted by atomic mass is 9.92. The molecule has 1 unspecified atom stereocenters. The molecular weight excluding hydrogens is 278 g/mol. The van der Waals surface area contributed by atoms with Crippen molar-refractivity contribution in [1.29, 1.82) is 0 Å². The molecule has 0 amide bonds. The van der Waals surface area contributed by atoms with Gasteiger partial charge in [0.1, 0.15) is 0 Å². The van der Waals surface area contributed by atoms with Crippen LogP contribution in [0.1, 0.15) is 25.0 Å². The second-order valence-corrected chi connectivity index (χ2v) is 6.39. The highest BCUT2D eigenvalue weighted by molar-refractivity contribution is 6.30. The molecule has 0 aliphatic rings. The molecule has 21 heavy (non-hydrogen) atoms. The van der Waals surface area contributed by atoms with Crippen molar-refractivity contribution in [3.8, 4) is 0 Å². The summed E-state index contributed by atoms with van der Waals surface area (Å²) in [6.45, 7) is 5.41. The first-order chi connectivity index (χ1) is 10.1. The summed E-state index contributed by atoms with van der Waals surface area (Å²) in [5.74, 6) is 0.577. The normalized spacial score (nSPS) is 12.6. The van der Waals surface area contributed by atoms with Crippen LogP contribution in [0.4, 0.5) is 0 Å². The number of hydrogen-bond donors (Lipinski definition) is 1. The maximum atomic E-state index is 6.10. The molecule has 0 bridgehead atoms. The number of rotatable bonds is 7. The fourth-order valence-corrected chi connectivity index (χ4v) is 2.78. The second-order valence-electron chi connectivity index (χ2n) is 5.95. The summed E-state index contributed by atoms with van der Waals surface area (Å²) in [7, 11) is 0. The van der Waals surface area contributed by atoms with Gasteiger partial charge < -0.3 is 5.32 Å². The minimum atomic E-state index is 0.516. The van der Waals surface area contributed by atoms with Crippen LogP contribution in [0.15, 0.2) is 54.6 Å². The number of hydrogen-bond acceptors (Lipinski definition) is 1. The molecule has 2 aromatic carbocycles. The molecule has 0 saturated carbocycles. The van der Waals surface area contributed by atoms with Crippen molar-refractivity contribution in [3.63, 3.8) is 0 Å². The van der Waals surface area contributed by atoms with E-state index in [-0.39, 0.29) is 0 Å². The average molecular weight is 302 g/mol. The topological polar surface area (TPSA) is 12.0 Å². The third-order valence-corrected chi connectivity index (χ3v) is 3.83. The van der Waals surface area contributed by atoms with Gasteiger partial charge in [0.15, 0.2) is 0 Å². The van der Waals surface area contributed by atoms with Gasteiger partial charge in [0, 0.05) is 11.1 Å². The molecule has 0 aliphatic heterocycles. The molecule has 2 rings (SSSR count). The molecule has 2 heteroatoms. The van der Waals surface area contributed by atoms with Gasteiger partial charge in [-0.1, -0.05) is 67.9 Å². The van der Waals surface area contributed by atoms with Crippen molar-refractivity contribution in [2.75, 3.05) is 6.54 Å². The fraction of sp³-hybridized carbons (Fsp3) is 0.368. The van der Waals surface area contributed by atoms with Gasteiger partial charge >= 0.3 is 0 Å². The quantitative estimate of drug-likeness (QED) is 0.779. The Labute approximate surface area is 133 Å². The summed E-state index contributed by atoms with van der Waals surface area (Å²) < 4.78 is 0. The highest BCUT2D eigenvalue weighted by Crippen LogP contribution is 2.17. The SMILES string of the molecule is CC(C)NCC(Cc1ccccc1)Cc1cccc(Cl)c1. The van der Waals surface area contributed by atoms with E-state index in [1.807, 2.05) is 12.1 Å². The van der Waals surface area contributed by atoms with Crippen LogP contribution in [0.5, 0.6) is 0 Å². The van der Waals surface area contributed by atoms with Crippen LogP contribution in [0.3, 0.4) is 0 Å². The lowest BCUT2D eigenvalue weighted by Gasteiger charge is -2.20. The second kappa shape index (κ2) is 8.21. The molecule has 0 aromatic heterocycles. The van der Waals surface area contributed by atoms with Crippen LogP contribution >= 0.6 is 11.6 Å². The van der Waals surface area contributed by atoms with E-state index in [9.17, 15) is 0 Å². The Morgan fingerprint density at radius 3 is 2.24 bits per heavy atom. The van der Waals surface area contributed by atoms with Gasteiger partial charge in [0.25, 0.3) is 0 Å². The summed E-state index contributed by atoms with van der Waals surface area (Å²) in [6, 6.07) is 19.4. The van der Waals surface area contributed by atoms with E-state index in [0.717, 1.165) is 24.4 Å². The first-order valence-electron chi connectivity index (χ1n) is 7.65. The Balaban J connectivity index is 2.04. The molecule has 2 aromatic rings. The molecule has 0 aliphatic carbocycles. The zero-order chi connectivity index (χ0) is 15.1. The molecule has 0 saturated heterocycles. The van der Waals surface area contributed by atoms with E-state index >= 15 is 0 Å². The summed E-state index contributed by atoms with van der Waals surface area (Å²) in [4.78, 5) is 0. The molecule has 1 atom stereocenters. The Morgan fingerprint density at radius 1 is 0.905 bits per heavy atom. The first-order valence-corrected chi connectivity index (χ1v) is 8.03. The Kier molecular flexibility index (Phi) is 6.28. The van der Waals surface area contributed by atoms with Crippen molar-refractivity contribution in [2.45, 2.75) is 32.7 Å². The summed E-state index contributed by atoms with van der Waals surface area (Å²) in [5, 5.41) is 4.39. The van der Waals surface area contributed by atoms with Crippen LogP contribution in [0, 0.1) is 5.92 Å². The fourth-order valence-electron chi connectivity index (χ4n) is 2.56. The van der Waals surface area contributed by atoms with Crippen molar-refractivity contribution >= 4 is 11.6 Å². The largest absolute Gasteiger partial charge is 0.314 e. The molecular formula is C19H24ClN. The van der Waals surface area contributed by atoms with Crippen LogP contribution in [0.25, 0.3) is 0 Å². The van der Waals surface area contributed by atoms with Crippen molar-refractivity contribution < 1.29 is 0 Å². The standard InChI is InChI=1S/C19H24ClN/c1-15(2)21-14-18(11-16-7-4-3-5-8-16)12-17-9-6-10-19(20)13-17/h3-10,13,15,18,21H,11-12,14H2,1-2H3. The number of nitrogens with one attached hydrogen (secondary N) is 1. The Hall–Kier alpha value is -1.31. The van der Waals surface area contributed by atoms with E-state index in [0.29, 0.717) is 12.0 Å². The van der Waals surface area contributed by atoms with Gasteiger partial charge in [-0.25, -0.2) is 0 Å². The predicted octanol–water partition coefficient (Wildman–Crippen LogP) is 4.74. The smallest absolute Gasteiger partial charge is 0.0408 e. The van der Waals surface area contributed by atoms with Crippen LogP contribution in [0.2, 0.25) is 5.02 Å². The van der Waals surface area contributed by atoms with Crippen molar-refractivity contribution in [2.24, 2.45) is 5.92 Å². The Bertz CT molecular complexity index is 536. The molecule has 0 fully saturated rings. The summed E-state index contributed by atoms with van der Waals surface area (Å²) in [5.41, 5.74) is 2.71. The summed E-state index contributed by atoms with van der Waals surface area (Å²) in [6.07, 6.45) is 2.14. The van der Waals surface area contributed by atoms with E-state index in [1.165, 1.54) is 11.1 Å². The maximum Gasteiger partial charge on any atom is 0.0408 e. The van der Waals surface area contributed by atoms with E-state index in [2.05, 4.69) is 61.6 Å². The predicted molar refractivity (Wildman–Crippen MR) is 91.9 cm³/mol. The molecule has 0 radical (unpaired) electrons. The highest BCUT2D eigenvalue weighted by atomic mass is 35.5. The zero-order valence-corrected chi connectivity index (χ0v) is 13.6. The lowest BCUT2D eigenvalue weighted by Crippen LogP contribution is -2.31. The van der Waals surface area contributed by atoms with E-state index < -0.39 is 0 Å². The van der Waals surface area contributed by atoms with E-state index in [1.54, 1.807) is 0 Å². The number of benzene rings is 2. The van der Waals surface area contributed by atoms with Gasteiger partial charge in [0.2, 0.25) is 0 Å². The molecule has 112 valence electrons. The molecule has 0 heterocycles. The zero-order valence-electron chi connectivity index (χ0n) is 12.9. The molecule has 0 spiro atoms. The van der Waals surface area contributed by atoms with Gasteiger partial charge in [0.05, 0.1) is 0 Å². The minimum Gasteiger partial charge on any atom is -0.314 e. The Morgan fingerprint density at radius 2 is 1.57 bits per heavy atom. The first kappa shape index (κ1) is 16.1. The third-order valence-electron chi connectivity index (χ3n) is 3.60. The molecule has 1 nitrogen and oxygen atoms in total. The van der Waals surface area contributed by atoms with Gasteiger partial charge in [-0.15, -0.1) is 0 Å². The van der Waals surface area contributed by atoms with Crippen LogP contribution in [-0.2, 0) is 12.8 Å². The summed E-state index contributed by atoms with van der Waals surface area (Å²) >= 11 is 6.10. The van der Waals surface area contributed by atoms with Gasteiger partial charge in [-0.05, 0) is 48.6 Å². The van der Waals surface area contributed by atoms with Gasteiger partial charge in [-0.3, -0.25) is 0 Å². The average Bonchev–Trinajstić information content (AvgIpc) is 2.46. The van der Waals surface area contributed by atoms with Gasteiger partial charge in [-0.2, -0.15) is 0 Å². The highest BCUT2D eigenvalue weighted by Gasteiger charge is 2.11. The number of halogens is 1. The van der Waals surface area contributed by atoms with Crippen molar-refractivity contribution in [3.05, 3.63) is 70.7 Å².